The number of rotatable bonds is 2. The molecule has 0 amide bonds. The van der Waals surface area contributed by atoms with Crippen LogP contribution < -0.4 is 11.2 Å². The largest absolute Gasteiger partial charge is 0.386 e. The first-order valence-electron chi connectivity index (χ1n) is 2.93. The van der Waals surface area contributed by atoms with E-state index in [1.54, 1.807) is 6.92 Å². The summed E-state index contributed by atoms with van der Waals surface area (Å²) in [5, 5.41) is 3.57. The van der Waals surface area contributed by atoms with Crippen LogP contribution in [0.1, 0.15) is 20.8 Å². The van der Waals surface area contributed by atoms with Crippen LogP contribution >= 0.6 is 0 Å². The molecule has 0 spiro atoms. The van der Waals surface area contributed by atoms with Gasteiger partial charge in [-0.2, -0.15) is 5.10 Å². The van der Waals surface area contributed by atoms with Crippen molar-refractivity contribution in [3.63, 3.8) is 0 Å². The van der Waals surface area contributed by atoms with Gasteiger partial charge in [-0.05, 0) is 6.92 Å². The molecule has 54 valence electrons. The standard InChI is InChI=1S/C4H9N3.C2H6/c1-3-6-7-4(2)5;1-2/h3,6H,1H2,2H3,(H2,5,7);1-2H3. The SMILES string of the molecule is C=CN/N=C(/C)N.CC. The van der Waals surface area contributed by atoms with Crippen LogP contribution in [-0.4, -0.2) is 5.84 Å². The Hall–Kier alpha value is -0.990. The number of nitrogens with zero attached hydrogens (tertiary/aromatic N) is 1. The van der Waals surface area contributed by atoms with Crippen molar-refractivity contribution in [2.75, 3.05) is 0 Å². The summed E-state index contributed by atoms with van der Waals surface area (Å²) in [6.45, 7) is 9.05. The Morgan fingerprint density at radius 1 is 1.67 bits per heavy atom. The van der Waals surface area contributed by atoms with Crippen molar-refractivity contribution in [1.82, 2.24) is 5.43 Å². The zero-order valence-corrected chi connectivity index (χ0v) is 6.31. The first-order chi connectivity index (χ1) is 4.27. The van der Waals surface area contributed by atoms with Crippen molar-refractivity contribution >= 4 is 5.84 Å². The second-order valence-corrected chi connectivity index (χ2v) is 1.09. The predicted molar refractivity (Wildman–Crippen MR) is 42.0 cm³/mol. The third-order valence-corrected chi connectivity index (χ3v) is 0.332. The fraction of sp³-hybridized carbons (Fsp3) is 0.500. The molecule has 0 saturated carbocycles. The van der Waals surface area contributed by atoms with E-state index >= 15 is 0 Å². The molecule has 0 bridgehead atoms. The number of hydrogen-bond donors (Lipinski definition) is 2. The smallest absolute Gasteiger partial charge is 0.116 e. The van der Waals surface area contributed by atoms with Gasteiger partial charge in [-0.1, -0.05) is 20.4 Å². The number of hydrazone groups is 1. The Balaban J connectivity index is 0. The third kappa shape index (κ3) is 19.4. The van der Waals surface area contributed by atoms with Gasteiger partial charge in [0, 0.05) is 6.20 Å². The molecule has 3 nitrogen and oxygen atoms in total. The second kappa shape index (κ2) is 10.1. The van der Waals surface area contributed by atoms with Crippen LogP contribution in [-0.2, 0) is 0 Å². The molecule has 0 unspecified atom stereocenters. The highest BCUT2D eigenvalue weighted by atomic mass is 15.3. The van der Waals surface area contributed by atoms with Crippen molar-refractivity contribution in [3.05, 3.63) is 12.8 Å². The summed E-state index contributed by atoms with van der Waals surface area (Å²) < 4.78 is 0. The van der Waals surface area contributed by atoms with Gasteiger partial charge in [0.15, 0.2) is 0 Å². The van der Waals surface area contributed by atoms with Crippen molar-refractivity contribution in [3.8, 4) is 0 Å². The molecule has 0 rings (SSSR count). The van der Waals surface area contributed by atoms with Crippen molar-refractivity contribution in [2.45, 2.75) is 20.8 Å². The fourth-order valence-corrected chi connectivity index (χ4v) is 0.147. The maximum atomic E-state index is 5.12. The van der Waals surface area contributed by atoms with Crippen LogP contribution in [0.25, 0.3) is 0 Å². The van der Waals surface area contributed by atoms with Gasteiger partial charge in [0.05, 0.1) is 0 Å². The van der Waals surface area contributed by atoms with E-state index in [1.807, 2.05) is 13.8 Å². The van der Waals surface area contributed by atoms with E-state index in [0.717, 1.165) is 0 Å². The van der Waals surface area contributed by atoms with Crippen molar-refractivity contribution in [1.29, 1.82) is 0 Å². The molecular weight excluding hydrogens is 114 g/mol. The van der Waals surface area contributed by atoms with Crippen LogP contribution in [0.5, 0.6) is 0 Å². The molecule has 3 N–H and O–H groups in total. The monoisotopic (exact) mass is 129 g/mol. The van der Waals surface area contributed by atoms with Crippen molar-refractivity contribution < 1.29 is 0 Å². The van der Waals surface area contributed by atoms with E-state index in [4.69, 9.17) is 5.73 Å². The van der Waals surface area contributed by atoms with Gasteiger partial charge in [-0.3, -0.25) is 5.43 Å². The highest BCUT2D eigenvalue weighted by molar-refractivity contribution is 5.77. The van der Waals surface area contributed by atoms with Crippen LogP contribution in [0, 0.1) is 0 Å². The minimum absolute atomic E-state index is 0.500. The average molecular weight is 129 g/mol. The molecule has 0 heterocycles. The van der Waals surface area contributed by atoms with Crippen LogP contribution in [0.2, 0.25) is 0 Å². The maximum absolute atomic E-state index is 5.12. The summed E-state index contributed by atoms with van der Waals surface area (Å²) in [7, 11) is 0. The molecule has 3 heteroatoms. The summed E-state index contributed by atoms with van der Waals surface area (Å²) in [4.78, 5) is 0. The summed E-state index contributed by atoms with van der Waals surface area (Å²) in [5.41, 5.74) is 7.59. The number of amidine groups is 1. The van der Waals surface area contributed by atoms with Crippen LogP contribution in [0.4, 0.5) is 0 Å². The fourth-order valence-electron chi connectivity index (χ4n) is 0.147. The molecule has 9 heavy (non-hydrogen) atoms. The van der Waals surface area contributed by atoms with Gasteiger partial charge >= 0.3 is 0 Å². The highest BCUT2D eigenvalue weighted by Crippen LogP contribution is 1.58. The van der Waals surface area contributed by atoms with Gasteiger partial charge in [-0.15, -0.1) is 0 Å². The molecule has 0 fully saturated rings. The lowest BCUT2D eigenvalue weighted by Gasteiger charge is -1.86. The Bertz CT molecular complexity index is 82.3. The molecule has 0 radical (unpaired) electrons. The van der Waals surface area contributed by atoms with E-state index in [1.165, 1.54) is 6.20 Å². The molecule has 0 saturated heterocycles. The number of hydrogen-bond acceptors (Lipinski definition) is 2. The topological polar surface area (TPSA) is 50.4 Å². The van der Waals surface area contributed by atoms with E-state index in [-0.39, 0.29) is 0 Å². The molecule has 0 aliphatic carbocycles. The summed E-state index contributed by atoms with van der Waals surface area (Å²) >= 11 is 0. The molecule has 0 atom stereocenters. The first kappa shape index (κ1) is 10.9. The molecule has 0 aromatic carbocycles. The average Bonchev–Trinajstić information content (AvgIpc) is 1.88. The van der Waals surface area contributed by atoms with Crippen molar-refractivity contribution in [2.24, 2.45) is 10.8 Å². The van der Waals surface area contributed by atoms with E-state index in [0.29, 0.717) is 5.84 Å². The number of nitrogens with two attached hydrogens (primary N) is 1. The van der Waals surface area contributed by atoms with Gasteiger partial charge in [0.2, 0.25) is 0 Å². The normalized spacial score (nSPS) is 9.00. The van der Waals surface area contributed by atoms with E-state index in [2.05, 4.69) is 17.1 Å². The van der Waals surface area contributed by atoms with E-state index in [9.17, 15) is 0 Å². The number of nitrogens with one attached hydrogen (secondary N) is 1. The van der Waals surface area contributed by atoms with E-state index < -0.39 is 0 Å². The molecule has 0 aliphatic rings. The third-order valence-electron chi connectivity index (χ3n) is 0.332. The van der Waals surface area contributed by atoms with Gasteiger partial charge in [0.25, 0.3) is 0 Å². The zero-order valence-electron chi connectivity index (χ0n) is 6.31. The van der Waals surface area contributed by atoms with Gasteiger partial charge in [0.1, 0.15) is 5.84 Å². The van der Waals surface area contributed by atoms with Gasteiger partial charge in [-0.25, -0.2) is 0 Å². The summed E-state index contributed by atoms with van der Waals surface area (Å²) in [5.74, 6) is 0.500. The Morgan fingerprint density at radius 3 is 2.22 bits per heavy atom. The second-order valence-electron chi connectivity index (χ2n) is 1.09. The Morgan fingerprint density at radius 2 is 2.11 bits per heavy atom. The zero-order chi connectivity index (χ0) is 7.70. The summed E-state index contributed by atoms with van der Waals surface area (Å²) in [6.07, 6.45) is 1.45. The molecule has 0 aliphatic heterocycles. The van der Waals surface area contributed by atoms with Gasteiger partial charge < -0.3 is 5.73 Å². The van der Waals surface area contributed by atoms with Crippen LogP contribution in [0.15, 0.2) is 17.9 Å². The minimum Gasteiger partial charge on any atom is -0.386 e. The lowest BCUT2D eigenvalue weighted by atomic mass is 10.7. The molecular formula is C6H15N3. The Labute approximate surface area is 56.6 Å². The predicted octanol–water partition coefficient (Wildman–Crippen LogP) is 1.04. The minimum atomic E-state index is 0.500. The quantitative estimate of drug-likeness (QED) is 0.332. The molecule has 0 aromatic rings. The lowest BCUT2D eigenvalue weighted by Crippen LogP contribution is -2.09. The summed E-state index contributed by atoms with van der Waals surface area (Å²) in [6, 6.07) is 0. The van der Waals surface area contributed by atoms with Crippen LogP contribution in [0.3, 0.4) is 0 Å². The molecule has 0 aromatic heterocycles. The maximum Gasteiger partial charge on any atom is 0.116 e. The lowest BCUT2D eigenvalue weighted by molar-refractivity contribution is 0.964. The highest BCUT2D eigenvalue weighted by Gasteiger charge is 1.68. The first-order valence-corrected chi connectivity index (χ1v) is 2.93. The Kier molecular flexibility index (Phi) is 12.2.